The summed E-state index contributed by atoms with van der Waals surface area (Å²) in [6.45, 7) is -7.72. The van der Waals surface area contributed by atoms with Gasteiger partial charge in [-0.15, -0.1) is 0 Å². The second-order valence-corrected chi connectivity index (χ2v) is 33.9. The molecule has 0 unspecified atom stereocenters. The van der Waals surface area contributed by atoms with E-state index in [9.17, 15) is 187 Å². The van der Waals surface area contributed by atoms with Crippen molar-refractivity contribution in [3.8, 4) is 0 Å². The van der Waals surface area contributed by atoms with Gasteiger partial charge in [-0.2, -0.15) is 0 Å². The van der Waals surface area contributed by atoms with E-state index < -0.39 is 433 Å². The average molecular weight is 1990 g/mol. The lowest BCUT2D eigenvalue weighted by Crippen LogP contribution is -2.72. The van der Waals surface area contributed by atoms with Gasteiger partial charge in [-0.1, -0.05) is 0 Å². The first kappa shape index (κ1) is 111. The molecule has 11 rings (SSSR count). The Kier molecular flexibility index (Phi) is 39.3. The number of carboxylic acid groups (broad SMARTS) is 2. The maximum Gasteiger partial charge on any atom is 0.335 e. The molecule has 35 N–H and O–H groups in total. The van der Waals surface area contributed by atoms with Crippen LogP contribution in [0.5, 0.6) is 0 Å². The molecule has 55 atom stereocenters. The normalized spacial score (nSPS) is 49.2. The fraction of sp³-hybridized carbons (Fsp3) is 0.919. The van der Waals surface area contributed by atoms with E-state index in [4.69, 9.17) is 99.5 Å². The van der Waals surface area contributed by atoms with E-state index in [1.54, 1.807) is 0 Å². The molecule has 62 nitrogen and oxygen atoms in total. The van der Waals surface area contributed by atoms with Crippen molar-refractivity contribution >= 4 is 35.6 Å². The molecular formula is C74H120N4O58. The number of nitrogens with one attached hydrogen (secondary N) is 4. The summed E-state index contributed by atoms with van der Waals surface area (Å²) >= 11 is 0. The molecule has 11 fully saturated rings. The number of ether oxygens (including phenoxy) is 21. The lowest BCUT2D eigenvalue weighted by molar-refractivity contribution is -0.407. The zero-order valence-corrected chi connectivity index (χ0v) is 72.0. The van der Waals surface area contributed by atoms with Crippen molar-refractivity contribution in [2.45, 2.75) is 365 Å². The monoisotopic (exact) mass is 1990 g/mol. The molecule has 0 radical (unpaired) electrons. The van der Waals surface area contributed by atoms with Gasteiger partial charge in [0.2, 0.25) is 23.6 Å². The van der Waals surface area contributed by atoms with Crippen LogP contribution in [0, 0.1) is 0 Å². The number of hydrogen-bond donors (Lipinski definition) is 35. The van der Waals surface area contributed by atoms with Crippen LogP contribution in [0.4, 0.5) is 0 Å². The molecule has 0 aliphatic carbocycles. The van der Waals surface area contributed by atoms with Gasteiger partial charge < -0.3 is 279 Å². The van der Waals surface area contributed by atoms with Gasteiger partial charge in [0.1, 0.15) is 256 Å². The fourth-order valence-corrected chi connectivity index (χ4v) is 17.4. The third-order valence-electron chi connectivity index (χ3n) is 24.5. The zero-order valence-electron chi connectivity index (χ0n) is 72.0. The van der Waals surface area contributed by atoms with Crippen LogP contribution in [0.2, 0.25) is 0 Å². The van der Waals surface area contributed by atoms with Gasteiger partial charge in [0.25, 0.3) is 0 Å². The van der Waals surface area contributed by atoms with Gasteiger partial charge in [0.05, 0.1) is 59.5 Å². The van der Waals surface area contributed by atoms with E-state index in [1.165, 1.54) is 0 Å². The second-order valence-electron chi connectivity index (χ2n) is 33.9. The molecule has 136 heavy (non-hydrogen) atoms. The smallest absolute Gasteiger partial charge is 0.335 e. The van der Waals surface area contributed by atoms with Gasteiger partial charge in [0.15, 0.2) is 81.4 Å². The maximum atomic E-state index is 13.7. The molecule has 4 amide bonds. The van der Waals surface area contributed by atoms with Gasteiger partial charge in [-0.05, 0) is 0 Å². The Bertz CT molecular complexity index is 3830. The highest BCUT2D eigenvalue weighted by Gasteiger charge is 2.64. The molecule has 0 aromatic carbocycles. The topological polar surface area (TPSA) is 972 Å². The van der Waals surface area contributed by atoms with Gasteiger partial charge in [0, 0.05) is 27.7 Å². The minimum atomic E-state index is -2.81. The lowest BCUT2D eigenvalue weighted by atomic mass is 9.93. The van der Waals surface area contributed by atoms with Crippen molar-refractivity contribution in [3.63, 3.8) is 0 Å². The largest absolute Gasteiger partial charge is 0.479 e. The van der Waals surface area contributed by atoms with Crippen molar-refractivity contribution in [2.24, 2.45) is 0 Å². The predicted molar refractivity (Wildman–Crippen MR) is 410 cm³/mol. The molecular weight excluding hydrogens is 1870 g/mol. The first-order valence-electron chi connectivity index (χ1n) is 42.6. The molecule has 62 heteroatoms. The third kappa shape index (κ3) is 24.1. The Hall–Kier alpha value is -5.18. The minimum absolute atomic E-state index is 0.804. The Morgan fingerprint density at radius 2 is 0.463 bits per heavy atom. The highest BCUT2D eigenvalue weighted by molar-refractivity contribution is 5.75. The van der Waals surface area contributed by atoms with E-state index in [0.29, 0.717) is 0 Å². The fourth-order valence-electron chi connectivity index (χ4n) is 17.4. The molecule has 0 saturated carbocycles. The van der Waals surface area contributed by atoms with Crippen LogP contribution < -0.4 is 21.3 Å². The molecule has 0 aromatic rings. The van der Waals surface area contributed by atoms with E-state index in [2.05, 4.69) is 21.3 Å². The summed E-state index contributed by atoms with van der Waals surface area (Å²) in [7, 11) is 0. The third-order valence-corrected chi connectivity index (χ3v) is 24.5. The number of aliphatic carboxylic acids is 2. The maximum absolute atomic E-state index is 13.7. The number of carbonyl (C=O) groups excluding carboxylic acids is 4. The van der Waals surface area contributed by atoms with E-state index in [-0.39, 0.29) is 0 Å². The summed E-state index contributed by atoms with van der Waals surface area (Å²) in [6, 6.07) is -8.19. The number of rotatable bonds is 35. The van der Waals surface area contributed by atoms with Crippen molar-refractivity contribution in [2.75, 3.05) is 59.5 Å². The quantitative estimate of drug-likeness (QED) is 0.0280. The summed E-state index contributed by atoms with van der Waals surface area (Å²) < 4.78 is 124. The van der Waals surface area contributed by atoms with Crippen molar-refractivity contribution in [3.05, 3.63) is 0 Å². The van der Waals surface area contributed by atoms with Crippen molar-refractivity contribution < 1.29 is 287 Å². The highest BCUT2D eigenvalue weighted by Crippen LogP contribution is 2.43. The summed E-state index contributed by atoms with van der Waals surface area (Å²) in [5.74, 6) is -7.97. The van der Waals surface area contributed by atoms with Crippen molar-refractivity contribution in [1.82, 2.24) is 21.3 Å². The Labute approximate surface area is 765 Å². The molecule has 0 spiro atoms. The first-order valence-corrected chi connectivity index (χ1v) is 42.6. The van der Waals surface area contributed by atoms with Gasteiger partial charge in [-0.3, -0.25) is 19.2 Å². The van der Waals surface area contributed by atoms with Crippen LogP contribution >= 0.6 is 0 Å². The summed E-state index contributed by atoms with van der Waals surface area (Å²) in [4.78, 5) is 76.8. The molecule has 11 heterocycles. The van der Waals surface area contributed by atoms with E-state index >= 15 is 0 Å². The van der Waals surface area contributed by atoms with Gasteiger partial charge in [-0.25, -0.2) is 9.59 Å². The van der Waals surface area contributed by atoms with Crippen molar-refractivity contribution in [1.29, 1.82) is 0 Å². The van der Waals surface area contributed by atoms with Crippen LogP contribution in [-0.2, 0) is 128 Å². The number of hydrogen-bond acceptors (Lipinski definition) is 56. The zero-order chi connectivity index (χ0) is 100. The summed E-state index contributed by atoms with van der Waals surface area (Å²) in [6.07, 6.45) is -118. The van der Waals surface area contributed by atoms with Crippen LogP contribution in [0.1, 0.15) is 27.7 Å². The standard InChI is InChI=1S/C74H120N4O58/c1-14(87)75-27-37(97)51(23(10-84)117-64(27)115)126-65-28(76-15(2)88)38(98)52(24(11-85)123-65)128-73-50(110)58(36(96)26(125-73)13-116-68-44(104)39(99)31(91)18(5-79)120-68)133-74-61(136-67-30(78-17(4)90)55(33(93)20(7-81)119-67)130-72-49(109)57(35(95)22(9-83)122-72)132-70-46(106)41(101)43(103)60(135-70)63(113)114)47(107)53(25(12-86)124-74)127-66-29(77-16(3)89)54(32(92)19(6-80)118-66)129-71-48(108)56(34(94)21(8-82)121-71)131-69-45(105)40(100)42(102)59(134-69)62(111)112/h18-61,64-74,79-86,91-110,115H,5-13H2,1-4H3,(H,75,87)(H,76,88)(H,77,89)(H,78,90)(H,111,112)(H,113,114)/t18-,19-,20-,21-,22-,23-,24-,25-,26-,27-,28-,29-,30-,31-,32-,33-,34+,35+,36-,37-,38-,39+,40+,41+,42+,43+,44+,45-,46-,47+,48-,49-,50+,51-,52-,53-,54-,55-,56+,57+,58+,59+,60+,61+,64-,65+,66+,67+,68+,69-,70-,71+,72+,73+,74-/m1/s1. The average Bonchev–Trinajstić information content (AvgIpc) is 0.741. The molecule has 0 bridgehead atoms. The van der Waals surface area contributed by atoms with E-state index in [0.717, 1.165) is 27.7 Å². The molecule has 11 aliphatic heterocycles. The Morgan fingerprint density at radius 1 is 0.213 bits per heavy atom. The van der Waals surface area contributed by atoms with Crippen LogP contribution in [0.25, 0.3) is 0 Å². The highest BCUT2D eigenvalue weighted by atomic mass is 16.8. The van der Waals surface area contributed by atoms with Crippen LogP contribution in [0.3, 0.4) is 0 Å². The number of carbonyl (C=O) groups is 6. The molecule has 0 aromatic heterocycles. The predicted octanol–water partition coefficient (Wildman–Crippen LogP) is -24.2. The van der Waals surface area contributed by atoms with E-state index in [1.807, 2.05) is 0 Å². The van der Waals surface area contributed by atoms with Crippen LogP contribution in [-0.4, -0.2) is 591 Å². The molecule has 11 aliphatic rings. The first-order chi connectivity index (χ1) is 64.2. The number of carboxylic acids is 2. The van der Waals surface area contributed by atoms with Crippen LogP contribution in [0.15, 0.2) is 0 Å². The number of aliphatic hydroxyl groups excluding tert-OH is 29. The Balaban J connectivity index is 0.984. The minimum Gasteiger partial charge on any atom is -0.479 e. The number of amides is 4. The lowest BCUT2D eigenvalue weighted by Gasteiger charge is -2.52. The van der Waals surface area contributed by atoms with Gasteiger partial charge >= 0.3 is 11.9 Å². The molecule has 11 saturated heterocycles. The number of aliphatic hydroxyl groups is 29. The SMILES string of the molecule is CC(=O)N[C@@H]1[C@@H](O)[C@H](O[C@@H]2O[C@H](CO)[C@@H](O[C@@H]3O[C@H](CO[C@H]4O[C@H](CO)[C@@H](O)[C@H](O)[C@@H]4O)[C@@H](O)[C@H](O[C@H]4O[C@H](CO)[C@@H](O[C@@H]5O[C@H](CO)[C@@H](O)[C@H](O[C@@H]6O[C@H](CO)[C@H](O)[C@H](O[C@@H]7O[C@H](C(=O)O)[C@@H](O)[C@H](O)[C@H]7O)[C@H]6O)[C@H]5NC(C)=O)[C@H](O)[C@@H]4O[C@@H]4O[C@H](CO)[C@@H](O)[C@H](O[C@@H]5O[C@H](CO)[C@H](O)[C@H](O[C@@H]6O[C@H](C(=O)O)[C@@H](O)[C@H](O)[C@H]6O)[C@H]5O)[C@H]4NC(C)=O)[C@@H]3O)[C@H](O)[C@H]2NC(C)=O)[C@@H](CO)O[C@H]1O. The summed E-state index contributed by atoms with van der Waals surface area (Å²) in [5, 5.41) is 357. The molecule has 784 valence electrons. The summed E-state index contributed by atoms with van der Waals surface area (Å²) in [5.41, 5.74) is 0. The Morgan fingerprint density at radius 3 is 0.853 bits per heavy atom. The second kappa shape index (κ2) is 48.0.